The molecule has 2 aromatic rings. The molecule has 0 saturated carbocycles. The summed E-state index contributed by atoms with van der Waals surface area (Å²) in [5, 5.41) is 12.9. The lowest BCUT2D eigenvalue weighted by molar-refractivity contribution is 0.185. The Kier molecular flexibility index (Phi) is 5.13. The lowest BCUT2D eigenvalue weighted by atomic mass is 9.96. The Morgan fingerprint density at radius 1 is 1.23 bits per heavy atom. The second kappa shape index (κ2) is 7.47. The van der Waals surface area contributed by atoms with Crippen LogP contribution in [0.5, 0.6) is 0 Å². The van der Waals surface area contributed by atoms with Crippen LogP contribution in [0.1, 0.15) is 37.5 Å². The summed E-state index contributed by atoms with van der Waals surface area (Å²) in [6, 6.07) is 5.68. The molecule has 6 heteroatoms. The molecule has 6 nitrogen and oxygen atoms in total. The molecule has 0 radical (unpaired) electrons. The zero-order chi connectivity index (χ0) is 15.2. The zero-order valence-electron chi connectivity index (χ0n) is 12.7. The number of unbranched alkanes of at least 4 members (excludes halogenated alkanes) is 1. The number of hydrogen-bond donors (Lipinski definition) is 1. The van der Waals surface area contributed by atoms with Crippen LogP contribution in [-0.2, 0) is 0 Å². The van der Waals surface area contributed by atoms with Crippen LogP contribution >= 0.6 is 0 Å². The Morgan fingerprint density at radius 2 is 2.09 bits per heavy atom. The predicted molar refractivity (Wildman–Crippen MR) is 82.3 cm³/mol. The first-order valence-corrected chi connectivity index (χ1v) is 7.95. The number of aliphatic hydroxyl groups is 1. The molecule has 3 heterocycles. The third kappa shape index (κ3) is 3.69. The van der Waals surface area contributed by atoms with E-state index in [2.05, 4.69) is 20.0 Å². The fourth-order valence-corrected chi connectivity index (χ4v) is 2.85. The van der Waals surface area contributed by atoms with Gasteiger partial charge < -0.3 is 14.5 Å². The molecule has 2 aromatic heterocycles. The van der Waals surface area contributed by atoms with E-state index in [-0.39, 0.29) is 6.61 Å². The van der Waals surface area contributed by atoms with Gasteiger partial charge in [0.05, 0.1) is 0 Å². The molecule has 0 atom stereocenters. The summed E-state index contributed by atoms with van der Waals surface area (Å²) in [4.78, 5) is 11.2. The number of nitrogens with zero attached hydrogens (tertiary/aromatic N) is 4. The van der Waals surface area contributed by atoms with Gasteiger partial charge in [0.25, 0.3) is 0 Å². The summed E-state index contributed by atoms with van der Waals surface area (Å²) < 4.78 is 5.44. The molecule has 0 aromatic carbocycles. The minimum Gasteiger partial charge on any atom is -0.396 e. The van der Waals surface area contributed by atoms with E-state index in [4.69, 9.17) is 9.63 Å². The number of rotatable bonds is 6. The van der Waals surface area contributed by atoms with Crippen molar-refractivity contribution in [3.63, 3.8) is 0 Å². The molecular formula is C16H22N4O2. The van der Waals surface area contributed by atoms with E-state index < -0.39 is 0 Å². The van der Waals surface area contributed by atoms with E-state index in [9.17, 15) is 0 Å². The molecule has 0 aliphatic carbocycles. The molecule has 0 unspecified atom stereocenters. The smallest absolute Gasteiger partial charge is 0.230 e. The Bertz CT molecular complexity index is 565. The lowest BCUT2D eigenvalue weighted by Gasteiger charge is -2.30. The van der Waals surface area contributed by atoms with E-state index >= 15 is 0 Å². The third-order valence-electron chi connectivity index (χ3n) is 4.16. The highest BCUT2D eigenvalue weighted by atomic mass is 16.5. The highest BCUT2D eigenvalue weighted by Gasteiger charge is 2.25. The van der Waals surface area contributed by atoms with Gasteiger partial charge >= 0.3 is 0 Å². The van der Waals surface area contributed by atoms with Crippen LogP contribution < -0.4 is 0 Å². The van der Waals surface area contributed by atoms with Gasteiger partial charge in [-0.15, -0.1) is 0 Å². The van der Waals surface area contributed by atoms with Gasteiger partial charge in [-0.25, -0.2) is 0 Å². The second-order valence-electron chi connectivity index (χ2n) is 5.72. The largest absolute Gasteiger partial charge is 0.396 e. The maximum atomic E-state index is 8.83. The van der Waals surface area contributed by atoms with Gasteiger partial charge in [-0.2, -0.15) is 4.98 Å². The SMILES string of the molecule is OCCCCN1CCC(c2nc(-c3ccccn3)no2)CC1. The Hall–Kier alpha value is -1.79. The molecule has 0 spiro atoms. The van der Waals surface area contributed by atoms with Crippen molar-refractivity contribution in [2.45, 2.75) is 31.6 Å². The topological polar surface area (TPSA) is 75.3 Å². The number of aromatic nitrogens is 3. The average Bonchev–Trinajstić information content (AvgIpc) is 3.07. The molecule has 3 rings (SSSR count). The summed E-state index contributed by atoms with van der Waals surface area (Å²) in [7, 11) is 0. The average molecular weight is 302 g/mol. The minimum absolute atomic E-state index is 0.286. The van der Waals surface area contributed by atoms with Gasteiger partial charge in [0.15, 0.2) is 0 Å². The molecular weight excluding hydrogens is 280 g/mol. The molecule has 22 heavy (non-hydrogen) atoms. The molecule has 118 valence electrons. The normalized spacial score (nSPS) is 17.0. The zero-order valence-corrected chi connectivity index (χ0v) is 12.7. The first-order chi connectivity index (χ1) is 10.9. The maximum Gasteiger partial charge on any atom is 0.230 e. The van der Waals surface area contributed by atoms with Gasteiger partial charge in [0.2, 0.25) is 11.7 Å². The quantitative estimate of drug-likeness (QED) is 0.823. The van der Waals surface area contributed by atoms with Crippen LogP contribution in [0.3, 0.4) is 0 Å². The van der Waals surface area contributed by atoms with Gasteiger partial charge in [0, 0.05) is 18.7 Å². The standard InChI is InChI=1S/C16H22N4O2/c21-12-4-3-9-20-10-6-13(7-11-20)16-18-15(19-22-16)14-5-1-2-8-17-14/h1-2,5,8,13,21H,3-4,6-7,9-12H2. The molecule has 1 fully saturated rings. The number of pyridine rings is 1. The van der Waals surface area contributed by atoms with Crippen LogP contribution in [0.4, 0.5) is 0 Å². The van der Waals surface area contributed by atoms with Crippen molar-refractivity contribution in [3.8, 4) is 11.5 Å². The van der Waals surface area contributed by atoms with E-state index in [0.29, 0.717) is 11.7 Å². The van der Waals surface area contributed by atoms with Gasteiger partial charge in [-0.1, -0.05) is 11.2 Å². The summed E-state index contributed by atoms with van der Waals surface area (Å²) in [6.45, 7) is 3.46. The number of aliphatic hydroxyl groups excluding tert-OH is 1. The fourth-order valence-electron chi connectivity index (χ4n) is 2.85. The minimum atomic E-state index is 0.286. The van der Waals surface area contributed by atoms with Crippen molar-refractivity contribution >= 4 is 0 Å². The summed E-state index contributed by atoms with van der Waals surface area (Å²) >= 11 is 0. The van der Waals surface area contributed by atoms with Crippen molar-refractivity contribution in [2.24, 2.45) is 0 Å². The lowest BCUT2D eigenvalue weighted by Crippen LogP contribution is -2.33. The highest BCUT2D eigenvalue weighted by molar-refractivity contribution is 5.47. The third-order valence-corrected chi connectivity index (χ3v) is 4.16. The van der Waals surface area contributed by atoms with Gasteiger partial charge in [-0.3, -0.25) is 4.98 Å². The van der Waals surface area contributed by atoms with Gasteiger partial charge in [-0.05, 0) is 57.5 Å². The Morgan fingerprint density at radius 3 is 2.82 bits per heavy atom. The Balaban J connectivity index is 1.55. The molecule has 1 aliphatic rings. The predicted octanol–water partition coefficient (Wildman–Crippen LogP) is 2.08. The summed E-state index contributed by atoms with van der Waals surface area (Å²) in [5.74, 6) is 1.65. The molecule has 0 bridgehead atoms. The van der Waals surface area contributed by atoms with Crippen LogP contribution in [-0.4, -0.2) is 51.4 Å². The molecule has 1 saturated heterocycles. The first-order valence-electron chi connectivity index (χ1n) is 7.95. The van der Waals surface area contributed by atoms with Crippen LogP contribution in [0, 0.1) is 0 Å². The van der Waals surface area contributed by atoms with E-state index in [1.807, 2.05) is 18.2 Å². The van der Waals surface area contributed by atoms with Crippen molar-refractivity contribution in [1.82, 2.24) is 20.0 Å². The number of likely N-dealkylation sites (tertiary alicyclic amines) is 1. The van der Waals surface area contributed by atoms with Crippen molar-refractivity contribution in [2.75, 3.05) is 26.2 Å². The number of hydrogen-bond acceptors (Lipinski definition) is 6. The highest BCUT2D eigenvalue weighted by Crippen LogP contribution is 2.28. The van der Waals surface area contributed by atoms with E-state index in [1.165, 1.54) is 0 Å². The van der Waals surface area contributed by atoms with Crippen LogP contribution in [0.2, 0.25) is 0 Å². The van der Waals surface area contributed by atoms with Crippen LogP contribution in [0.25, 0.3) is 11.5 Å². The fraction of sp³-hybridized carbons (Fsp3) is 0.562. The Labute approximate surface area is 130 Å². The monoisotopic (exact) mass is 302 g/mol. The summed E-state index contributed by atoms with van der Waals surface area (Å²) in [6.07, 6.45) is 5.77. The summed E-state index contributed by atoms with van der Waals surface area (Å²) in [5.41, 5.74) is 0.749. The molecule has 0 amide bonds. The van der Waals surface area contributed by atoms with E-state index in [1.54, 1.807) is 6.20 Å². The van der Waals surface area contributed by atoms with Crippen molar-refractivity contribution in [3.05, 3.63) is 30.3 Å². The van der Waals surface area contributed by atoms with Crippen molar-refractivity contribution in [1.29, 1.82) is 0 Å². The second-order valence-corrected chi connectivity index (χ2v) is 5.72. The van der Waals surface area contributed by atoms with Gasteiger partial charge in [0.1, 0.15) is 5.69 Å². The molecule has 1 N–H and O–H groups in total. The molecule has 1 aliphatic heterocycles. The van der Waals surface area contributed by atoms with E-state index in [0.717, 1.165) is 56.9 Å². The first kappa shape index (κ1) is 15.1. The number of piperidine rings is 1. The van der Waals surface area contributed by atoms with Crippen molar-refractivity contribution < 1.29 is 9.63 Å². The maximum absolute atomic E-state index is 8.83. The van der Waals surface area contributed by atoms with Crippen LogP contribution in [0.15, 0.2) is 28.9 Å².